The number of hydrogen-bond acceptors (Lipinski definition) is 3. The SMILES string of the molecule is CN1CCc2c(cc(/C=C/C(=O)O)c(=O)n2C)C1. The predicted octanol–water partition coefficient (Wildman–Crippen LogP) is 0.471. The van der Waals surface area contributed by atoms with Gasteiger partial charge in [0.1, 0.15) is 0 Å². The Balaban J connectivity index is 2.50. The van der Waals surface area contributed by atoms with Crippen LogP contribution >= 0.6 is 0 Å². The van der Waals surface area contributed by atoms with Crippen LogP contribution in [0.3, 0.4) is 0 Å². The number of carboxylic acids is 1. The van der Waals surface area contributed by atoms with Crippen LogP contribution in [0.15, 0.2) is 16.9 Å². The number of carboxylic acid groups (broad SMARTS) is 1. The molecule has 1 aromatic heterocycles. The molecule has 5 heteroatoms. The topological polar surface area (TPSA) is 62.5 Å². The van der Waals surface area contributed by atoms with E-state index in [0.717, 1.165) is 36.8 Å². The van der Waals surface area contributed by atoms with E-state index in [4.69, 9.17) is 5.11 Å². The van der Waals surface area contributed by atoms with Gasteiger partial charge in [0.2, 0.25) is 0 Å². The molecule has 0 saturated heterocycles. The average Bonchev–Trinajstić information content (AvgIpc) is 2.31. The molecular formula is C13H16N2O3. The van der Waals surface area contributed by atoms with Gasteiger partial charge in [-0.15, -0.1) is 0 Å². The first-order valence-electron chi connectivity index (χ1n) is 5.80. The summed E-state index contributed by atoms with van der Waals surface area (Å²) >= 11 is 0. The van der Waals surface area contributed by atoms with E-state index < -0.39 is 5.97 Å². The van der Waals surface area contributed by atoms with Gasteiger partial charge in [-0.05, 0) is 24.8 Å². The third kappa shape index (κ3) is 2.36. The maximum absolute atomic E-state index is 12.0. The molecule has 0 saturated carbocycles. The van der Waals surface area contributed by atoms with Crippen molar-refractivity contribution in [1.82, 2.24) is 9.47 Å². The Bertz CT molecular complexity index is 572. The maximum atomic E-state index is 12.0. The molecule has 96 valence electrons. The highest BCUT2D eigenvalue weighted by molar-refractivity contribution is 5.85. The molecule has 0 spiro atoms. The van der Waals surface area contributed by atoms with E-state index >= 15 is 0 Å². The van der Waals surface area contributed by atoms with Gasteiger partial charge < -0.3 is 14.6 Å². The number of fused-ring (bicyclic) bond motifs is 1. The number of aromatic nitrogens is 1. The third-order valence-corrected chi connectivity index (χ3v) is 3.23. The molecule has 1 N–H and O–H groups in total. The molecule has 0 atom stereocenters. The minimum Gasteiger partial charge on any atom is -0.478 e. The lowest BCUT2D eigenvalue weighted by Gasteiger charge is -2.26. The summed E-state index contributed by atoms with van der Waals surface area (Å²) in [7, 11) is 3.77. The second-order valence-electron chi connectivity index (χ2n) is 4.60. The van der Waals surface area contributed by atoms with Crippen LogP contribution in [0.25, 0.3) is 6.08 Å². The lowest BCUT2D eigenvalue weighted by molar-refractivity contribution is -0.131. The molecule has 0 unspecified atom stereocenters. The highest BCUT2D eigenvalue weighted by atomic mass is 16.4. The van der Waals surface area contributed by atoms with Crippen molar-refractivity contribution in [3.05, 3.63) is 39.3 Å². The van der Waals surface area contributed by atoms with Gasteiger partial charge in [0.25, 0.3) is 5.56 Å². The van der Waals surface area contributed by atoms with Gasteiger partial charge in [0.05, 0.1) is 0 Å². The van der Waals surface area contributed by atoms with Crippen molar-refractivity contribution in [3.63, 3.8) is 0 Å². The fraction of sp³-hybridized carbons (Fsp3) is 0.385. The quantitative estimate of drug-likeness (QED) is 0.773. The first-order valence-corrected chi connectivity index (χ1v) is 5.80. The Labute approximate surface area is 105 Å². The van der Waals surface area contributed by atoms with E-state index in [2.05, 4.69) is 4.90 Å². The summed E-state index contributed by atoms with van der Waals surface area (Å²) in [5, 5.41) is 8.61. The van der Waals surface area contributed by atoms with Crippen LogP contribution in [0.5, 0.6) is 0 Å². The molecule has 1 aromatic rings. The molecule has 2 heterocycles. The zero-order chi connectivity index (χ0) is 13.3. The minimum atomic E-state index is -1.05. The second-order valence-corrected chi connectivity index (χ2v) is 4.60. The molecule has 0 bridgehead atoms. The van der Waals surface area contributed by atoms with Gasteiger partial charge in [0, 0.05) is 43.9 Å². The molecule has 0 aliphatic carbocycles. The maximum Gasteiger partial charge on any atom is 0.328 e. The van der Waals surface area contributed by atoms with Gasteiger partial charge in [0.15, 0.2) is 0 Å². The molecular weight excluding hydrogens is 232 g/mol. The van der Waals surface area contributed by atoms with Crippen molar-refractivity contribution in [2.75, 3.05) is 13.6 Å². The fourth-order valence-electron chi connectivity index (χ4n) is 2.28. The van der Waals surface area contributed by atoms with Crippen LogP contribution in [0, 0.1) is 0 Å². The van der Waals surface area contributed by atoms with E-state index in [0.29, 0.717) is 5.56 Å². The summed E-state index contributed by atoms with van der Waals surface area (Å²) in [4.78, 5) is 24.7. The van der Waals surface area contributed by atoms with Crippen LogP contribution in [-0.4, -0.2) is 34.1 Å². The Morgan fingerprint density at radius 1 is 1.44 bits per heavy atom. The largest absolute Gasteiger partial charge is 0.478 e. The van der Waals surface area contributed by atoms with Crippen molar-refractivity contribution in [2.24, 2.45) is 7.05 Å². The molecule has 5 nitrogen and oxygen atoms in total. The molecule has 0 aromatic carbocycles. The monoisotopic (exact) mass is 248 g/mol. The first-order chi connectivity index (χ1) is 8.49. The van der Waals surface area contributed by atoms with Crippen LogP contribution in [0.1, 0.15) is 16.8 Å². The highest BCUT2D eigenvalue weighted by Gasteiger charge is 2.17. The molecule has 0 amide bonds. The minimum absolute atomic E-state index is 0.143. The lowest BCUT2D eigenvalue weighted by Crippen LogP contribution is -2.33. The van der Waals surface area contributed by atoms with Gasteiger partial charge in [-0.25, -0.2) is 4.79 Å². The second kappa shape index (κ2) is 4.78. The lowest BCUT2D eigenvalue weighted by atomic mass is 10.0. The summed E-state index contributed by atoms with van der Waals surface area (Å²) in [5.41, 5.74) is 2.42. The highest BCUT2D eigenvalue weighted by Crippen LogP contribution is 2.17. The van der Waals surface area contributed by atoms with Crippen LogP contribution in [-0.2, 0) is 24.8 Å². The zero-order valence-corrected chi connectivity index (χ0v) is 10.5. The normalized spacial score (nSPS) is 15.9. The van der Waals surface area contributed by atoms with Crippen molar-refractivity contribution >= 4 is 12.0 Å². The predicted molar refractivity (Wildman–Crippen MR) is 68.4 cm³/mol. The van der Waals surface area contributed by atoms with E-state index in [-0.39, 0.29) is 5.56 Å². The van der Waals surface area contributed by atoms with E-state index in [9.17, 15) is 9.59 Å². The Morgan fingerprint density at radius 2 is 2.17 bits per heavy atom. The Kier molecular flexibility index (Phi) is 3.34. The number of nitrogens with zero attached hydrogens (tertiary/aromatic N) is 2. The summed E-state index contributed by atoms with van der Waals surface area (Å²) in [6, 6.07) is 1.80. The number of carbonyl (C=O) groups is 1. The third-order valence-electron chi connectivity index (χ3n) is 3.23. The molecule has 1 aliphatic rings. The Hall–Kier alpha value is -1.88. The summed E-state index contributed by atoms with van der Waals surface area (Å²) in [5.74, 6) is -1.05. The smallest absolute Gasteiger partial charge is 0.328 e. The van der Waals surface area contributed by atoms with E-state index in [1.807, 2.05) is 7.05 Å². The fourth-order valence-corrected chi connectivity index (χ4v) is 2.28. The van der Waals surface area contributed by atoms with Crippen molar-refractivity contribution < 1.29 is 9.90 Å². The van der Waals surface area contributed by atoms with E-state index in [1.165, 1.54) is 6.08 Å². The van der Waals surface area contributed by atoms with Crippen LogP contribution < -0.4 is 5.56 Å². The standard InChI is InChI=1S/C13H16N2O3/c1-14-6-5-11-10(8-14)7-9(3-4-12(16)17)13(18)15(11)2/h3-4,7H,5-6,8H2,1-2H3,(H,16,17)/b4-3+. The number of aliphatic carboxylic acids is 1. The molecule has 2 rings (SSSR count). The molecule has 18 heavy (non-hydrogen) atoms. The van der Waals surface area contributed by atoms with Crippen molar-refractivity contribution in [1.29, 1.82) is 0 Å². The number of hydrogen-bond donors (Lipinski definition) is 1. The van der Waals surface area contributed by atoms with Gasteiger partial charge in [-0.1, -0.05) is 0 Å². The summed E-state index contributed by atoms with van der Waals surface area (Å²) in [6.07, 6.45) is 3.20. The van der Waals surface area contributed by atoms with Crippen LogP contribution in [0.2, 0.25) is 0 Å². The van der Waals surface area contributed by atoms with Gasteiger partial charge >= 0.3 is 5.97 Å². The first kappa shape index (κ1) is 12.6. The van der Waals surface area contributed by atoms with Gasteiger partial charge in [-0.3, -0.25) is 4.79 Å². The Morgan fingerprint density at radius 3 is 2.83 bits per heavy atom. The van der Waals surface area contributed by atoms with E-state index in [1.54, 1.807) is 17.7 Å². The van der Waals surface area contributed by atoms with Crippen molar-refractivity contribution in [3.8, 4) is 0 Å². The van der Waals surface area contributed by atoms with Crippen molar-refractivity contribution in [2.45, 2.75) is 13.0 Å². The number of rotatable bonds is 2. The molecule has 0 fully saturated rings. The summed E-state index contributed by atoms with van der Waals surface area (Å²) in [6.45, 7) is 1.72. The molecule has 1 aliphatic heterocycles. The van der Waals surface area contributed by atoms with Gasteiger partial charge in [-0.2, -0.15) is 0 Å². The zero-order valence-electron chi connectivity index (χ0n) is 10.5. The van der Waals surface area contributed by atoms with Crippen LogP contribution in [0.4, 0.5) is 0 Å². The number of likely N-dealkylation sites (N-methyl/N-ethyl adjacent to an activating group) is 1. The molecule has 0 radical (unpaired) electrons. The number of pyridine rings is 1. The summed E-state index contributed by atoms with van der Waals surface area (Å²) < 4.78 is 1.63. The average molecular weight is 248 g/mol.